The minimum atomic E-state index is 0.191. The summed E-state index contributed by atoms with van der Waals surface area (Å²) < 4.78 is 5.35. The molecule has 0 saturated carbocycles. The average Bonchev–Trinajstić information content (AvgIpc) is 2.35. The molecular formula is C8H10O2. The first-order chi connectivity index (χ1) is 4.77. The van der Waals surface area contributed by atoms with Gasteiger partial charge in [-0.15, -0.1) is 0 Å². The summed E-state index contributed by atoms with van der Waals surface area (Å²) in [7, 11) is 0. The lowest BCUT2D eigenvalue weighted by Gasteiger charge is -2.00. The number of carbonyl (C=O) groups excluding carboxylic acids is 1. The molecule has 0 spiro atoms. The molecule has 1 heterocycles. The summed E-state index contributed by atoms with van der Waals surface area (Å²) in [5, 5.41) is 0. The molecule has 2 atom stereocenters. The van der Waals surface area contributed by atoms with Crippen molar-refractivity contribution in [3.8, 4) is 0 Å². The topological polar surface area (TPSA) is 26.3 Å². The number of hydrogen-bond acceptors (Lipinski definition) is 2. The molecule has 1 fully saturated rings. The molecule has 2 aliphatic rings. The molecule has 0 N–H and O–H groups in total. The van der Waals surface area contributed by atoms with Gasteiger partial charge in [0.2, 0.25) is 0 Å². The minimum Gasteiger partial charge on any atom is -0.374 e. The van der Waals surface area contributed by atoms with Crippen LogP contribution in [-0.2, 0) is 9.53 Å². The van der Waals surface area contributed by atoms with E-state index in [1.54, 1.807) is 6.08 Å². The van der Waals surface area contributed by atoms with Gasteiger partial charge < -0.3 is 4.74 Å². The molecule has 2 rings (SSSR count). The van der Waals surface area contributed by atoms with Gasteiger partial charge in [0.1, 0.15) is 0 Å². The number of rotatable bonds is 0. The van der Waals surface area contributed by atoms with E-state index < -0.39 is 0 Å². The first kappa shape index (κ1) is 6.10. The second kappa shape index (κ2) is 1.92. The maximum absolute atomic E-state index is 10.9. The van der Waals surface area contributed by atoms with Crippen molar-refractivity contribution in [3.63, 3.8) is 0 Å². The van der Waals surface area contributed by atoms with Crippen LogP contribution in [0.2, 0.25) is 0 Å². The lowest BCUT2D eigenvalue weighted by molar-refractivity contribution is -0.114. The fourth-order valence-electron chi connectivity index (χ4n) is 1.68. The smallest absolute Gasteiger partial charge is 0.156 e. The van der Waals surface area contributed by atoms with E-state index in [1.807, 2.05) is 6.92 Å². The highest BCUT2D eigenvalue weighted by Gasteiger charge is 2.34. The largest absolute Gasteiger partial charge is 0.374 e. The molecule has 2 nitrogen and oxygen atoms in total. The maximum Gasteiger partial charge on any atom is 0.156 e. The number of fused-ring (bicyclic) bond motifs is 1. The lowest BCUT2D eigenvalue weighted by atomic mass is 10.0. The SMILES string of the molecule is C[C@H]1OC[C@@H]2CC(=O)C=C21. The van der Waals surface area contributed by atoms with E-state index in [4.69, 9.17) is 4.74 Å². The first-order valence-electron chi connectivity index (χ1n) is 3.63. The Balaban J connectivity index is 2.28. The van der Waals surface area contributed by atoms with E-state index in [9.17, 15) is 4.79 Å². The van der Waals surface area contributed by atoms with Gasteiger partial charge in [-0.3, -0.25) is 4.79 Å². The number of hydrogen-bond donors (Lipinski definition) is 0. The van der Waals surface area contributed by atoms with Gasteiger partial charge in [0.25, 0.3) is 0 Å². The van der Waals surface area contributed by atoms with Crippen LogP contribution in [0.5, 0.6) is 0 Å². The Morgan fingerprint density at radius 1 is 1.70 bits per heavy atom. The molecule has 1 saturated heterocycles. The third-order valence-corrected chi connectivity index (χ3v) is 2.26. The van der Waals surface area contributed by atoms with Gasteiger partial charge in [-0.1, -0.05) is 0 Å². The van der Waals surface area contributed by atoms with Crippen LogP contribution in [-0.4, -0.2) is 18.5 Å². The number of ether oxygens (including phenoxy) is 1. The Kier molecular flexibility index (Phi) is 1.17. The Morgan fingerprint density at radius 2 is 2.50 bits per heavy atom. The first-order valence-corrected chi connectivity index (χ1v) is 3.63. The molecule has 1 aliphatic heterocycles. The quantitative estimate of drug-likeness (QED) is 0.497. The van der Waals surface area contributed by atoms with E-state index in [2.05, 4.69) is 0 Å². The van der Waals surface area contributed by atoms with Crippen molar-refractivity contribution in [2.75, 3.05) is 6.61 Å². The Bertz CT molecular complexity index is 205. The van der Waals surface area contributed by atoms with Gasteiger partial charge in [0, 0.05) is 12.3 Å². The summed E-state index contributed by atoms with van der Waals surface area (Å²) in [6, 6.07) is 0. The van der Waals surface area contributed by atoms with E-state index in [-0.39, 0.29) is 11.9 Å². The Labute approximate surface area is 59.9 Å². The highest BCUT2D eigenvalue weighted by molar-refractivity contribution is 5.93. The Morgan fingerprint density at radius 3 is 3.20 bits per heavy atom. The zero-order chi connectivity index (χ0) is 7.14. The van der Waals surface area contributed by atoms with Crippen LogP contribution in [0, 0.1) is 5.92 Å². The molecule has 0 aromatic carbocycles. The van der Waals surface area contributed by atoms with Crippen LogP contribution in [0.4, 0.5) is 0 Å². The minimum absolute atomic E-state index is 0.191. The van der Waals surface area contributed by atoms with E-state index >= 15 is 0 Å². The molecular weight excluding hydrogens is 128 g/mol. The molecule has 54 valence electrons. The van der Waals surface area contributed by atoms with E-state index in [0.717, 1.165) is 6.61 Å². The van der Waals surface area contributed by atoms with Gasteiger partial charge in [0.15, 0.2) is 5.78 Å². The molecule has 0 aromatic heterocycles. The standard InChI is InChI=1S/C8H10O2/c1-5-8-3-7(9)2-6(8)4-10-5/h3,5-6H,2,4H2,1H3/t5-,6+/m1/s1. The highest BCUT2D eigenvalue weighted by Crippen LogP contribution is 2.33. The third-order valence-electron chi connectivity index (χ3n) is 2.26. The van der Waals surface area contributed by atoms with Crippen molar-refractivity contribution >= 4 is 5.78 Å². The van der Waals surface area contributed by atoms with Crippen molar-refractivity contribution < 1.29 is 9.53 Å². The van der Waals surface area contributed by atoms with Crippen molar-refractivity contribution in [2.45, 2.75) is 19.4 Å². The predicted molar refractivity (Wildman–Crippen MR) is 36.6 cm³/mol. The van der Waals surface area contributed by atoms with Crippen LogP contribution in [0.3, 0.4) is 0 Å². The van der Waals surface area contributed by atoms with Crippen LogP contribution in [0.25, 0.3) is 0 Å². The maximum atomic E-state index is 10.9. The summed E-state index contributed by atoms with van der Waals surface area (Å²) in [4.78, 5) is 10.9. The number of allylic oxidation sites excluding steroid dienone is 1. The summed E-state index contributed by atoms with van der Waals surface area (Å²) in [5.41, 5.74) is 1.21. The van der Waals surface area contributed by atoms with Crippen molar-refractivity contribution in [1.82, 2.24) is 0 Å². The van der Waals surface area contributed by atoms with Crippen LogP contribution < -0.4 is 0 Å². The fraction of sp³-hybridized carbons (Fsp3) is 0.625. The highest BCUT2D eigenvalue weighted by atomic mass is 16.5. The van der Waals surface area contributed by atoms with Crippen LogP contribution in [0.1, 0.15) is 13.3 Å². The van der Waals surface area contributed by atoms with Crippen LogP contribution >= 0.6 is 0 Å². The second-order valence-corrected chi connectivity index (χ2v) is 2.99. The van der Waals surface area contributed by atoms with E-state index in [0.29, 0.717) is 12.3 Å². The molecule has 0 aromatic rings. The third kappa shape index (κ3) is 0.721. The van der Waals surface area contributed by atoms with Gasteiger partial charge in [-0.05, 0) is 18.6 Å². The van der Waals surface area contributed by atoms with Gasteiger partial charge in [-0.25, -0.2) is 0 Å². The zero-order valence-corrected chi connectivity index (χ0v) is 5.96. The second-order valence-electron chi connectivity index (χ2n) is 2.99. The molecule has 0 radical (unpaired) electrons. The van der Waals surface area contributed by atoms with Gasteiger partial charge in [0.05, 0.1) is 12.7 Å². The Hall–Kier alpha value is -0.630. The number of ketones is 1. The number of carbonyl (C=O) groups is 1. The average molecular weight is 138 g/mol. The zero-order valence-electron chi connectivity index (χ0n) is 5.96. The molecule has 1 aliphatic carbocycles. The summed E-state index contributed by atoms with van der Waals surface area (Å²) in [6.45, 7) is 2.75. The fourth-order valence-corrected chi connectivity index (χ4v) is 1.68. The lowest BCUT2D eigenvalue weighted by Crippen LogP contribution is -1.99. The van der Waals surface area contributed by atoms with Crippen molar-refractivity contribution in [2.24, 2.45) is 5.92 Å². The monoisotopic (exact) mass is 138 g/mol. The molecule has 2 heteroatoms. The van der Waals surface area contributed by atoms with Gasteiger partial charge >= 0.3 is 0 Å². The predicted octanol–water partition coefficient (Wildman–Crippen LogP) is 0.921. The van der Waals surface area contributed by atoms with Crippen LogP contribution in [0.15, 0.2) is 11.6 Å². The van der Waals surface area contributed by atoms with Gasteiger partial charge in [-0.2, -0.15) is 0 Å². The van der Waals surface area contributed by atoms with E-state index in [1.165, 1.54) is 5.57 Å². The summed E-state index contributed by atoms with van der Waals surface area (Å²) in [6.07, 6.45) is 2.62. The van der Waals surface area contributed by atoms with Crippen molar-refractivity contribution in [1.29, 1.82) is 0 Å². The molecule has 10 heavy (non-hydrogen) atoms. The summed E-state index contributed by atoms with van der Waals surface area (Å²) >= 11 is 0. The normalized spacial score (nSPS) is 38.1. The van der Waals surface area contributed by atoms with Crippen molar-refractivity contribution in [3.05, 3.63) is 11.6 Å². The molecule has 0 bridgehead atoms. The molecule has 0 unspecified atom stereocenters. The molecule has 0 amide bonds. The summed E-state index contributed by atoms with van der Waals surface area (Å²) in [5.74, 6) is 0.692.